The molecule has 0 N–H and O–H groups in total. The van der Waals surface area contributed by atoms with E-state index in [2.05, 4.69) is 34.8 Å². The fraction of sp³-hybridized carbons (Fsp3) is 0.130. The fourth-order valence-corrected chi connectivity index (χ4v) is 3.14. The second-order valence-corrected chi connectivity index (χ2v) is 7.74. The van der Waals surface area contributed by atoms with E-state index in [0.717, 1.165) is 21.4 Å². The zero-order chi connectivity index (χ0) is 19.7. The van der Waals surface area contributed by atoms with E-state index in [4.69, 9.17) is 9.15 Å². The van der Waals surface area contributed by atoms with Crippen LogP contribution < -0.4 is 0 Å². The Labute approximate surface area is 171 Å². The second kappa shape index (κ2) is 7.60. The molecule has 0 unspecified atom stereocenters. The van der Waals surface area contributed by atoms with E-state index >= 15 is 0 Å². The summed E-state index contributed by atoms with van der Waals surface area (Å²) in [6.07, 6.45) is 1.60. The van der Waals surface area contributed by atoms with Gasteiger partial charge in [0, 0.05) is 21.7 Å². The van der Waals surface area contributed by atoms with Crippen LogP contribution in [0.15, 0.2) is 80.2 Å². The summed E-state index contributed by atoms with van der Waals surface area (Å²) < 4.78 is 12.2. The molecule has 5 heteroatoms. The molecule has 3 aromatic rings. The van der Waals surface area contributed by atoms with Crippen LogP contribution in [0.2, 0.25) is 0 Å². The van der Waals surface area contributed by atoms with Crippen LogP contribution in [0, 0.1) is 0 Å². The molecule has 4 rings (SSSR count). The summed E-state index contributed by atoms with van der Waals surface area (Å²) in [6.45, 7) is 4.27. The van der Waals surface area contributed by atoms with E-state index in [1.807, 2.05) is 60.7 Å². The van der Waals surface area contributed by atoms with Gasteiger partial charge in [0.2, 0.25) is 5.90 Å². The van der Waals surface area contributed by atoms with Crippen LogP contribution in [0.5, 0.6) is 0 Å². The Morgan fingerprint density at radius 3 is 2.29 bits per heavy atom. The third-order valence-electron chi connectivity index (χ3n) is 4.48. The van der Waals surface area contributed by atoms with Crippen LogP contribution in [0.3, 0.4) is 0 Å². The summed E-state index contributed by atoms with van der Waals surface area (Å²) in [5.74, 6) is 1.54. The first-order chi connectivity index (χ1) is 13.5. The molecule has 0 radical (unpaired) electrons. The Bertz CT molecular complexity index is 1070. The summed E-state index contributed by atoms with van der Waals surface area (Å²) >= 11 is 3.42. The van der Waals surface area contributed by atoms with Crippen LogP contribution in [0.4, 0.5) is 0 Å². The monoisotopic (exact) mass is 435 g/mol. The number of benzene rings is 2. The number of ether oxygens (including phenoxy) is 1. The van der Waals surface area contributed by atoms with Crippen molar-refractivity contribution in [1.82, 2.24) is 0 Å². The minimum absolute atomic E-state index is 0.222. The number of nitrogens with zero attached hydrogens (tertiary/aromatic N) is 1. The van der Waals surface area contributed by atoms with Gasteiger partial charge >= 0.3 is 5.97 Å². The summed E-state index contributed by atoms with van der Waals surface area (Å²) in [4.78, 5) is 16.5. The molecule has 1 aromatic heterocycles. The Balaban J connectivity index is 1.58. The van der Waals surface area contributed by atoms with Gasteiger partial charge in [-0.05, 0) is 47.9 Å². The van der Waals surface area contributed by atoms with Crippen molar-refractivity contribution in [2.24, 2.45) is 4.99 Å². The van der Waals surface area contributed by atoms with Gasteiger partial charge in [0.1, 0.15) is 11.5 Å². The molecule has 0 spiro atoms. The van der Waals surface area contributed by atoms with Crippen molar-refractivity contribution < 1.29 is 13.9 Å². The molecule has 1 aliphatic rings. The standard InChI is InChI=1S/C23H18BrNO3/c1-14(2)15-3-5-17(6-4-15)22-25-20(23(26)28-22)13-19-11-12-21(27-19)16-7-9-18(24)10-8-16/h3-14H,1-2H3/b20-13-. The van der Waals surface area contributed by atoms with Gasteiger partial charge in [0.15, 0.2) is 5.70 Å². The van der Waals surface area contributed by atoms with Crippen LogP contribution in [0.1, 0.15) is 36.7 Å². The van der Waals surface area contributed by atoms with E-state index in [0.29, 0.717) is 17.6 Å². The molecular weight excluding hydrogens is 418 g/mol. The SMILES string of the molecule is CC(C)c1ccc(C2=N/C(=C\c3ccc(-c4ccc(Br)cc4)o3)C(=O)O2)cc1. The minimum Gasteiger partial charge on any atom is -0.457 e. The van der Waals surface area contributed by atoms with E-state index in [9.17, 15) is 4.79 Å². The van der Waals surface area contributed by atoms with Crippen LogP contribution in [0.25, 0.3) is 17.4 Å². The molecular formula is C23H18BrNO3. The largest absolute Gasteiger partial charge is 0.457 e. The van der Waals surface area contributed by atoms with Crippen molar-refractivity contribution in [3.05, 3.63) is 87.7 Å². The topological polar surface area (TPSA) is 51.8 Å². The van der Waals surface area contributed by atoms with E-state index in [1.54, 1.807) is 6.08 Å². The van der Waals surface area contributed by atoms with Crippen molar-refractivity contribution in [2.75, 3.05) is 0 Å². The number of esters is 1. The summed E-state index contributed by atoms with van der Waals surface area (Å²) in [7, 11) is 0. The predicted octanol–water partition coefficient (Wildman–Crippen LogP) is 6.18. The third-order valence-corrected chi connectivity index (χ3v) is 5.01. The lowest BCUT2D eigenvalue weighted by Gasteiger charge is -2.05. The maximum atomic E-state index is 12.2. The Hall–Kier alpha value is -2.92. The highest BCUT2D eigenvalue weighted by atomic mass is 79.9. The number of cyclic esters (lactones) is 1. The van der Waals surface area contributed by atoms with Gasteiger partial charge in [-0.25, -0.2) is 9.79 Å². The van der Waals surface area contributed by atoms with Gasteiger partial charge < -0.3 is 9.15 Å². The number of aliphatic imine (C=N–C) groups is 1. The van der Waals surface area contributed by atoms with Crippen molar-refractivity contribution in [3.8, 4) is 11.3 Å². The minimum atomic E-state index is -0.482. The van der Waals surface area contributed by atoms with E-state index in [1.165, 1.54) is 5.56 Å². The maximum absolute atomic E-state index is 12.2. The smallest absolute Gasteiger partial charge is 0.363 e. The van der Waals surface area contributed by atoms with Gasteiger partial charge in [-0.1, -0.05) is 54.0 Å². The maximum Gasteiger partial charge on any atom is 0.363 e. The predicted molar refractivity (Wildman–Crippen MR) is 113 cm³/mol. The molecule has 0 fully saturated rings. The number of carbonyl (C=O) groups is 1. The Morgan fingerprint density at radius 1 is 0.929 bits per heavy atom. The molecule has 4 nitrogen and oxygen atoms in total. The summed E-state index contributed by atoms with van der Waals surface area (Å²) in [5, 5.41) is 0. The number of rotatable bonds is 4. The average molecular weight is 436 g/mol. The molecule has 2 heterocycles. The first-order valence-electron chi connectivity index (χ1n) is 8.98. The second-order valence-electron chi connectivity index (χ2n) is 6.82. The van der Waals surface area contributed by atoms with Crippen molar-refractivity contribution in [3.63, 3.8) is 0 Å². The van der Waals surface area contributed by atoms with Gasteiger partial charge in [-0.3, -0.25) is 0 Å². The number of hydrogen-bond acceptors (Lipinski definition) is 4. The van der Waals surface area contributed by atoms with E-state index in [-0.39, 0.29) is 5.70 Å². The fourth-order valence-electron chi connectivity index (χ4n) is 2.88. The molecule has 0 atom stereocenters. The van der Waals surface area contributed by atoms with Crippen LogP contribution in [-0.4, -0.2) is 11.9 Å². The third kappa shape index (κ3) is 3.85. The highest BCUT2D eigenvalue weighted by Gasteiger charge is 2.24. The van der Waals surface area contributed by atoms with Crippen molar-refractivity contribution in [2.45, 2.75) is 19.8 Å². The Kier molecular flexibility index (Phi) is 5.01. The highest BCUT2D eigenvalue weighted by molar-refractivity contribution is 9.10. The number of carbonyl (C=O) groups excluding carboxylic acids is 1. The van der Waals surface area contributed by atoms with Gasteiger partial charge in [0.05, 0.1) is 0 Å². The molecule has 140 valence electrons. The average Bonchev–Trinajstić information content (AvgIpc) is 3.30. The molecule has 0 amide bonds. The number of hydrogen-bond donors (Lipinski definition) is 0. The quantitative estimate of drug-likeness (QED) is 0.363. The Morgan fingerprint density at radius 2 is 1.61 bits per heavy atom. The lowest BCUT2D eigenvalue weighted by atomic mass is 10.0. The number of halogens is 1. The lowest BCUT2D eigenvalue weighted by molar-refractivity contribution is -0.129. The van der Waals surface area contributed by atoms with Crippen molar-refractivity contribution in [1.29, 1.82) is 0 Å². The molecule has 0 bridgehead atoms. The molecule has 0 saturated heterocycles. The zero-order valence-electron chi connectivity index (χ0n) is 15.5. The highest BCUT2D eigenvalue weighted by Crippen LogP contribution is 2.26. The number of furan rings is 1. The van der Waals surface area contributed by atoms with Crippen LogP contribution >= 0.6 is 15.9 Å². The van der Waals surface area contributed by atoms with Crippen LogP contribution in [-0.2, 0) is 9.53 Å². The molecule has 0 saturated carbocycles. The molecule has 28 heavy (non-hydrogen) atoms. The lowest BCUT2D eigenvalue weighted by Crippen LogP contribution is -2.05. The molecule has 0 aliphatic carbocycles. The zero-order valence-corrected chi connectivity index (χ0v) is 17.1. The van der Waals surface area contributed by atoms with Crippen molar-refractivity contribution >= 4 is 33.9 Å². The normalized spacial score (nSPS) is 15.2. The summed E-state index contributed by atoms with van der Waals surface area (Å²) in [5.41, 5.74) is 3.17. The first-order valence-corrected chi connectivity index (χ1v) is 9.77. The molecule has 2 aromatic carbocycles. The molecule has 1 aliphatic heterocycles. The van der Waals surface area contributed by atoms with Gasteiger partial charge in [-0.15, -0.1) is 0 Å². The van der Waals surface area contributed by atoms with Gasteiger partial charge in [-0.2, -0.15) is 0 Å². The van der Waals surface area contributed by atoms with Gasteiger partial charge in [0.25, 0.3) is 0 Å². The van der Waals surface area contributed by atoms with E-state index < -0.39 is 5.97 Å². The first kappa shape index (κ1) is 18.4. The summed E-state index contributed by atoms with van der Waals surface area (Å²) in [6, 6.07) is 19.4.